The summed E-state index contributed by atoms with van der Waals surface area (Å²) >= 11 is 0. The van der Waals surface area contributed by atoms with Crippen LogP contribution in [-0.4, -0.2) is 34.6 Å². The average Bonchev–Trinajstić information content (AvgIpc) is 2.52. The molecule has 0 aliphatic heterocycles. The van der Waals surface area contributed by atoms with E-state index >= 15 is 0 Å². The molecule has 3 rings (SSSR count). The van der Waals surface area contributed by atoms with Gasteiger partial charge in [0.25, 0.3) is 0 Å². The van der Waals surface area contributed by atoms with E-state index in [2.05, 4.69) is 5.32 Å². The first kappa shape index (κ1) is 14.4. The smallest absolute Gasteiger partial charge is 0.196 e. The summed E-state index contributed by atoms with van der Waals surface area (Å²) in [7, 11) is 0. The monoisotopic (exact) mass is 297 g/mol. The van der Waals surface area contributed by atoms with Crippen molar-refractivity contribution in [1.82, 2.24) is 0 Å². The Morgan fingerprint density at radius 3 is 2.18 bits per heavy atom. The van der Waals surface area contributed by atoms with Gasteiger partial charge in [-0.1, -0.05) is 36.4 Å². The maximum absolute atomic E-state index is 12.7. The number of carbonyl (C=O) groups excluding carboxylic acids is 2. The number of hydrogen-bond acceptors (Lipinski definition) is 5. The fourth-order valence-corrected chi connectivity index (χ4v) is 2.63. The van der Waals surface area contributed by atoms with Crippen molar-refractivity contribution in [3.63, 3.8) is 0 Å². The van der Waals surface area contributed by atoms with E-state index in [0.29, 0.717) is 27.9 Å². The van der Waals surface area contributed by atoms with Crippen molar-refractivity contribution in [2.75, 3.05) is 11.9 Å². The lowest BCUT2D eigenvalue weighted by atomic mass is 9.83. The third kappa shape index (κ3) is 2.41. The molecule has 0 saturated carbocycles. The average molecular weight is 297 g/mol. The first-order chi connectivity index (χ1) is 10.6. The van der Waals surface area contributed by atoms with Gasteiger partial charge in [0, 0.05) is 35.3 Å². The van der Waals surface area contributed by atoms with Crippen LogP contribution < -0.4 is 5.32 Å². The predicted molar refractivity (Wildman–Crippen MR) is 81.1 cm³/mol. The summed E-state index contributed by atoms with van der Waals surface area (Å²) in [6.45, 7) is 0.289. The maximum Gasteiger partial charge on any atom is 0.196 e. The zero-order valence-corrected chi connectivity index (χ0v) is 11.7. The molecule has 0 unspecified atom stereocenters. The first-order valence-electron chi connectivity index (χ1n) is 7.01. The van der Waals surface area contributed by atoms with Crippen LogP contribution in [0.4, 0.5) is 5.69 Å². The Morgan fingerprint density at radius 1 is 0.864 bits per heavy atom. The van der Waals surface area contributed by atoms with Crippen LogP contribution in [-0.2, 0) is 0 Å². The number of fused-ring (bicyclic) bond motifs is 2. The van der Waals surface area contributed by atoms with Gasteiger partial charge < -0.3 is 15.5 Å². The molecule has 1 aliphatic carbocycles. The molecule has 3 N–H and O–H groups in total. The van der Waals surface area contributed by atoms with Crippen LogP contribution in [0.2, 0.25) is 0 Å². The summed E-state index contributed by atoms with van der Waals surface area (Å²) < 4.78 is 0. The summed E-state index contributed by atoms with van der Waals surface area (Å²) in [6.07, 6.45) is -1.28. The molecule has 0 amide bonds. The SMILES string of the molecule is O=C1c2ccccc2C(=O)c2c(NCCC(O)O)cccc21. The summed E-state index contributed by atoms with van der Waals surface area (Å²) in [4.78, 5) is 25.2. The normalized spacial score (nSPS) is 13.0. The minimum atomic E-state index is -1.41. The minimum Gasteiger partial charge on any atom is -0.384 e. The molecule has 0 fully saturated rings. The van der Waals surface area contributed by atoms with E-state index in [4.69, 9.17) is 10.2 Å². The Labute approximate surface area is 127 Å². The highest BCUT2D eigenvalue weighted by Crippen LogP contribution is 2.31. The van der Waals surface area contributed by atoms with E-state index in [1.165, 1.54) is 0 Å². The maximum atomic E-state index is 12.7. The highest BCUT2D eigenvalue weighted by molar-refractivity contribution is 6.30. The second-order valence-electron chi connectivity index (χ2n) is 5.13. The van der Waals surface area contributed by atoms with Gasteiger partial charge in [-0.25, -0.2) is 0 Å². The van der Waals surface area contributed by atoms with E-state index in [1.807, 2.05) is 0 Å². The third-order valence-electron chi connectivity index (χ3n) is 3.67. The topological polar surface area (TPSA) is 86.6 Å². The lowest BCUT2D eigenvalue weighted by molar-refractivity contribution is -0.0423. The quantitative estimate of drug-likeness (QED) is 0.636. The standard InChI is InChI=1S/C17H15NO4/c19-14(20)8-9-18-13-7-3-6-12-15(13)17(22)11-5-2-1-4-10(11)16(12)21/h1-7,14,18-20H,8-9H2. The van der Waals surface area contributed by atoms with E-state index < -0.39 is 6.29 Å². The van der Waals surface area contributed by atoms with Gasteiger partial charge in [-0.2, -0.15) is 0 Å². The predicted octanol–water partition coefficient (Wildman–Crippen LogP) is 1.57. The van der Waals surface area contributed by atoms with Crippen LogP contribution in [0.25, 0.3) is 0 Å². The van der Waals surface area contributed by atoms with Crippen molar-refractivity contribution in [1.29, 1.82) is 0 Å². The van der Waals surface area contributed by atoms with E-state index in [1.54, 1.807) is 42.5 Å². The van der Waals surface area contributed by atoms with E-state index in [-0.39, 0.29) is 24.5 Å². The number of nitrogens with one attached hydrogen (secondary N) is 1. The molecule has 5 nitrogen and oxygen atoms in total. The van der Waals surface area contributed by atoms with Crippen LogP contribution in [0.3, 0.4) is 0 Å². The Hall–Kier alpha value is -2.50. The van der Waals surface area contributed by atoms with Crippen molar-refractivity contribution < 1.29 is 19.8 Å². The van der Waals surface area contributed by atoms with Gasteiger partial charge in [-0.15, -0.1) is 0 Å². The number of aliphatic hydroxyl groups is 2. The summed E-state index contributed by atoms with van der Waals surface area (Å²) in [5.74, 6) is -0.367. The summed E-state index contributed by atoms with van der Waals surface area (Å²) in [5.41, 5.74) is 2.07. The second kappa shape index (κ2) is 5.71. The van der Waals surface area contributed by atoms with Crippen molar-refractivity contribution in [3.05, 3.63) is 64.7 Å². The van der Waals surface area contributed by atoms with Gasteiger partial charge in [-0.3, -0.25) is 9.59 Å². The molecular weight excluding hydrogens is 282 g/mol. The molecule has 0 heterocycles. The Morgan fingerprint density at radius 2 is 1.50 bits per heavy atom. The van der Waals surface area contributed by atoms with Crippen LogP contribution in [0.15, 0.2) is 42.5 Å². The van der Waals surface area contributed by atoms with Crippen LogP contribution >= 0.6 is 0 Å². The van der Waals surface area contributed by atoms with E-state index in [0.717, 1.165) is 0 Å². The molecule has 1 aliphatic rings. The molecule has 0 aromatic heterocycles. The Kier molecular flexibility index (Phi) is 3.75. The third-order valence-corrected chi connectivity index (χ3v) is 3.67. The summed E-state index contributed by atoms with van der Waals surface area (Å²) in [6, 6.07) is 11.8. The number of benzene rings is 2. The fourth-order valence-electron chi connectivity index (χ4n) is 2.63. The number of anilines is 1. The molecule has 0 bridgehead atoms. The molecule has 0 saturated heterocycles. The molecule has 22 heavy (non-hydrogen) atoms. The zero-order chi connectivity index (χ0) is 15.7. The van der Waals surface area contributed by atoms with Gasteiger partial charge in [0.2, 0.25) is 0 Å². The van der Waals surface area contributed by atoms with Crippen molar-refractivity contribution in [2.45, 2.75) is 12.7 Å². The molecule has 5 heteroatoms. The molecule has 112 valence electrons. The highest BCUT2D eigenvalue weighted by Gasteiger charge is 2.31. The molecule has 0 spiro atoms. The molecule has 2 aromatic rings. The van der Waals surface area contributed by atoms with Gasteiger partial charge in [-0.05, 0) is 6.07 Å². The largest absolute Gasteiger partial charge is 0.384 e. The van der Waals surface area contributed by atoms with Crippen LogP contribution in [0.5, 0.6) is 0 Å². The lowest BCUT2D eigenvalue weighted by Gasteiger charge is -2.20. The van der Waals surface area contributed by atoms with E-state index in [9.17, 15) is 9.59 Å². The van der Waals surface area contributed by atoms with Crippen LogP contribution in [0.1, 0.15) is 38.3 Å². The minimum absolute atomic E-state index is 0.127. The Balaban J connectivity index is 2.01. The molecule has 2 aromatic carbocycles. The Bertz CT molecular complexity index is 752. The number of carbonyl (C=O) groups is 2. The van der Waals surface area contributed by atoms with Crippen molar-refractivity contribution in [3.8, 4) is 0 Å². The molecular formula is C17H15NO4. The summed E-state index contributed by atoms with van der Waals surface area (Å²) in [5, 5.41) is 20.8. The van der Waals surface area contributed by atoms with Crippen molar-refractivity contribution >= 4 is 17.3 Å². The van der Waals surface area contributed by atoms with Crippen molar-refractivity contribution in [2.24, 2.45) is 0 Å². The first-order valence-corrected chi connectivity index (χ1v) is 7.01. The number of rotatable bonds is 4. The van der Waals surface area contributed by atoms with Gasteiger partial charge in [0.1, 0.15) is 0 Å². The van der Waals surface area contributed by atoms with Gasteiger partial charge >= 0.3 is 0 Å². The number of aliphatic hydroxyl groups excluding tert-OH is 1. The highest BCUT2D eigenvalue weighted by atomic mass is 16.5. The number of ketones is 2. The number of hydrogen-bond donors (Lipinski definition) is 3. The second-order valence-corrected chi connectivity index (χ2v) is 5.13. The fraction of sp³-hybridized carbons (Fsp3) is 0.176. The van der Waals surface area contributed by atoms with Gasteiger partial charge in [0.15, 0.2) is 17.9 Å². The van der Waals surface area contributed by atoms with Gasteiger partial charge in [0.05, 0.1) is 5.56 Å². The van der Waals surface area contributed by atoms with Crippen LogP contribution in [0, 0.1) is 0 Å². The lowest BCUT2D eigenvalue weighted by Crippen LogP contribution is -2.23. The zero-order valence-electron chi connectivity index (χ0n) is 11.7. The molecule has 0 radical (unpaired) electrons. The molecule has 0 atom stereocenters.